The van der Waals surface area contributed by atoms with Crippen molar-refractivity contribution in [2.24, 2.45) is 5.92 Å². The summed E-state index contributed by atoms with van der Waals surface area (Å²) in [6.07, 6.45) is 1.48. The molecule has 4 rings (SSSR count). The number of amides is 2. The number of benzene rings is 2. The van der Waals surface area contributed by atoms with E-state index in [4.69, 9.17) is 4.74 Å². The number of piperidine rings is 1. The number of rotatable bonds is 10. The first-order chi connectivity index (χ1) is 18.9. The smallest absolute Gasteiger partial charge is 0.406 e. The van der Waals surface area contributed by atoms with Crippen LogP contribution in [0.3, 0.4) is 0 Å². The summed E-state index contributed by atoms with van der Waals surface area (Å²) in [5, 5.41) is 19.8. The van der Waals surface area contributed by atoms with Gasteiger partial charge in [-0.15, -0.1) is 11.3 Å². The zero-order valence-corrected chi connectivity index (χ0v) is 23.2. The number of ether oxygens (including phenoxy) is 1. The molecule has 2 aromatic carbocycles. The van der Waals surface area contributed by atoms with E-state index in [-0.39, 0.29) is 24.9 Å². The molecule has 2 heterocycles. The standard InChI is InChI=1S/C30H36FN3O4S/c1-32-19-21-11-13-22(14-12-21)28(35)34-16-4-7-23(20-34)30(37,15-6-17-38-29(36)33-2)24-8-3-9-25(31)27(24)26-10-5-18-39-26/h3,5,8-14,18,23,32,37H,4,6-7,15-17,19-20H2,1-2H3,(H,33,36). The number of aliphatic hydroxyl groups is 1. The minimum atomic E-state index is -1.44. The summed E-state index contributed by atoms with van der Waals surface area (Å²) in [6.45, 7) is 1.76. The molecule has 39 heavy (non-hydrogen) atoms. The van der Waals surface area contributed by atoms with Gasteiger partial charge in [-0.25, -0.2) is 9.18 Å². The molecule has 208 valence electrons. The Morgan fingerprint density at radius 2 is 1.95 bits per heavy atom. The van der Waals surface area contributed by atoms with Crippen molar-refractivity contribution >= 4 is 23.3 Å². The molecule has 2 amide bonds. The van der Waals surface area contributed by atoms with E-state index in [0.29, 0.717) is 42.6 Å². The van der Waals surface area contributed by atoms with Gasteiger partial charge in [-0.1, -0.05) is 30.3 Å². The predicted octanol–water partition coefficient (Wildman–Crippen LogP) is 5.15. The molecule has 7 nitrogen and oxygen atoms in total. The summed E-state index contributed by atoms with van der Waals surface area (Å²) in [4.78, 5) is 27.6. The molecule has 1 aliphatic heterocycles. The van der Waals surface area contributed by atoms with Crippen LogP contribution in [0.1, 0.15) is 47.2 Å². The monoisotopic (exact) mass is 553 g/mol. The van der Waals surface area contributed by atoms with Crippen molar-refractivity contribution in [1.29, 1.82) is 0 Å². The molecule has 3 aromatic rings. The minimum absolute atomic E-state index is 0.0845. The zero-order chi connectivity index (χ0) is 27.8. The molecular weight excluding hydrogens is 517 g/mol. The van der Waals surface area contributed by atoms with Crippen molar-refractivity contribution < 1.29 is 23.8 Å². The molecule has 1 saturated heterocycles. The maximum atomic E-state index is 15.3. The Morgan fingerprint density at radius 3 is 2.64 bits per heavy atom. The number of hydrogen-bond acceptors (Lipinski definition) is 6. The Kier molecular flexibility index (Phi) is 9.72. The van der Waals surface area contributed by atoms with Gasteiger partial charge in [-0.2, -0.15) is 0 Å². The first kappa shape index (κ1) is 28.7. The van der Waals surface area contributed by atoms with Gasteiger partial charge in [-0.05, 0) is 73.5 Å². The third-order valence-corrected chi connectivity index (χ3v) is 8.24. The lowest BCUT2D eigenvalue weighted by atomic mass is 9.72. The highest BCUT2D eigenvalue weighted by atomic mass is 32.1. The number of thiophene rings is 1. The van der Waals surface area contributed by atoms with E-state index >= 15 is 4.39 Å². The zero-order valence-electron chi connectivity index (χ0n) is 22.4. The summed E-state index contributed by atoms with van der Waals surface area (Å²) >= 11 is 1.41. The molecule has 1 fully saturated rings. The number of nitrogens with one attached hydrogen (secondary N) is 2. The second kappa shape index (κ2) is 13.2. The Labute approximate surface area is 233 Å². The fraction of sp³-hybridized carbons (Fsp3) is 0.400. The highest BCUT2D eigenvalue weighted by Gasteiger charge is 2.43. The third kappa shape index (κ3) is 6.66. The average molecular weight is 554 g/mol. The molecule has 1 aliphatic rings. The van der Waals surface area contributed by atoms with Gasteiger partial charge in [0.05, 0.1) is 12.2 Å². The molecule has 0 aliphatic carbocycles. The fourth-order valence-electron chi connectivity index (χ4n) is 5.40. The van der Waals surface area contributed by atoms with Crippen LogP contribution in [0.5, 0.6) is 0 Å². The SMILES string of the molecule is CNCc1ccc(C(=O)N2CCCC(C(O)(CCCOC(=O)NC)c3cccc(F)c3-c3cccs3)C2)cc1. The Hall–Kier alpha value is -3.27. The van der Waals surface area contributed by atoms with Crippen LogP contribution in [-0.2, 0) is 16.9 Å². The van der Waals surface area contributed by atoms with E-state index in [1.54, 1.807) is 17.0 Å². The highest BCUT2D eigenvalue weighted by Crippen LogP contribution is 2.45. The van der Waals surface area contributed by atoms with Crippen LogP contribution >= 0.6 is 11.3 Å². The first-order valence-electron chi connectivity index (χ1n) is 13.3. The molecule has 2 unspecified atom stereocenters. The topological polar surface area (TPSA) is 90.9 Å². The van der Waals surface area contributed by atoms with Crippen molar-refractivity contribution in [3.63, 3.8) is 0 Å². The van der Waals surface area contributed by atoms with Crippen molar-refractivity contribution in [2.45, 2.75) is 37.8 Å². The second-order valence-electron chi connectivity index (χ2n) is 9.87. The van der Waals surface area contributed by atoms with E-state index in [1.807, 2.05) is 48.8 Å². The van der Waals surface area contributed by atoms with E-state index in [2.05, 4.69) is 10.6 Å². The third-order valence-electron chi connectivity index (χ3n) is 7.35. The lowest BCUT2D eigenvalue weighted by Gasteiger charge is -2.43. The van der Waals surface area contributed by atoms with Gasteiger partial charge >= 0.3 is 6.09 Å². The Bertz CT molecular complexity index is 1250. The Balaban J connectivity index is 1.63. The quantitative estimate of drug-likeness (QED) is 0.302. The second-order valence-corrected chi connectivity index (χ2v) is 10.8. The van der Waals surface area contributed by atoms with Crippen molar-refractivity contribution in [1.82, 2.24) is 15.5 Å². The van der Waals surface area contributed by atoms with E-state index < -0.39 is 17.5 Å². The number of alkyl carbamates (subject to hydrolysis) is 1. The largest absolute Gasteiger partial charge is 0.450 e. The molecular formula is C30H36FN3O4S. The number of carbonyl (C=O) groups excluding carboxylic acids is 2. The maximum absolute atomic E-state index is 15.3. The predicted molar refractivity (Wildman–Crippen MR) is 151 cm³/mol. The number of hydrogen-bond donors (Lipinski definition) is 3. The Morgan fingerprint density at radius 1 is 1.15 bits per heavy atom. The van der Waals surface area contributed by atoms with Crippen LogP contribution in [0.15, 0.2) is 60.0 Å². The van der Waals surface area contributed by atoms with Gasteiger partial charge in [0.15, 0.2) is 0 Å². The lowest BCUT2D eigenvalue weighted by molar-refractivity contribution is -0.0590. The number of likely N-dealkylation sites (tertiary alicyclic amines) is 1. The van der Waals surface area contributed by atoms with E-state index in [0.717, 1.165) is 23.4 Å². The highest BCUT2D eigenvalue weighted by molar-refractivity contribution is 7.13. The van der Waals surface area contributed by atoms with Gasteiger partial charge in [0.2, 0.25) is 0 Å². The normalized spacial score (nSPS) is 16.9. The molecule has 0 bridgehead atoms. The van der Waals surface area contributed by atoms with Crippen molar-refractivity contribution in [3.8, 4) is 10.4 Å². The van der Waals surface area contributed by atoms with E-state index in [9.17, 15) is 14.7 Å². The molecule has 3 N–H and O–H groups in total. The maximum Gasteiger partial charge on any atom is 0.406 e. The van der Waals surface area contributed by atoms with Crippen LogP contribution in [-0.4, -0.2) is 55.8 Å². The first-order valence-corrected chi connectivity index (χ1v) is 14.2. The fourth-order valence-corrected chi connectivity index (χ4v) is 6.18. The van der Waals surface area contributed by atoms with Crippen molar-refractivity contribution in [2.75, 3.05) is 33.8 Å². The number of halogens is 1. The van der Waals surface area contributed by atoms with Crippen LogP contribution in [0.2, 0.25) is 0 Å². The summed E-state index contributed by atoms with van der Waals surface area (Å²) in [5.74, 6) is -0.821. The average Bonchev–Trinajstić information content (AvgIpc) is 3.50. The van der Waals surface area contributed by atoms with Gasteiger partial charge < -0.3 is 25.4 Å². The minimum Gasteiger partial charge on any atom is -0.450 e. The van der Waals surface area contributed by atoms with Crippen LogP contribution in [0, 0.1) is 11.7 Å². The summed E-state index contributed by atoms with van der Waals surface area (Å²) < 4.78 is 20.5. The van der Waals surface area contributed by atoms with Gasteiger partial charge in [0.25, 0.3) is 5.91 Å². The molecule has 2 atom stereocenters. The van der Waals surface area contributed by atoms with Crippen LogP contribution < -0.4 is 10.6 Å². The molecule has 1 aromatic heterocycles. The lowest BCUT2D eigenvalue weighted by Crippen LogP contribution is -2.48. The molecule has 0 saturated carbocycles. The molecule has 0 radical (unpaired) electrons. The molecule has 0 spiro atoms. The van der Waals surface area contributed by atoms with Gasteiger partial charge in [0, 0.05) is 48.6 Å². The van der Waals surface area contributed by atoms with Crippen LogP contribution in [0.4, 0.5) is 9.18 Å². The summed E-state index contributed by atoms with van der Waals surface area (Å²) in [5.41, 5.74) is 1.13. The van der Waals surface area contributed by atoms with Crippen molar-refractivity contribution in [3.05, 3.63) is 82.5 Å². The van der Waals surface area contributed by atoms with Gasteiger partial charge in [-0.3, -0.25) is 4.79 Å². The number of carbonyl (C=O) groups is 2. The van der Waals surface area contributed by atoms with Crippen LogP contribution in [0.25, 0.3) is 10.4 Å². The summed E-state index contributed by atoms with van der Waals surface area (Å²) in [7, 11) is 3.36. The molecule has 9 heteroatoms. The van der Waals surface area contributed by atoms with E-state index in [1.165, 1.54) is 24.5 Å². The number of nitrogens with zero attached hydrogens (tertiary/aromatic N) is 1. The summed E-state index contributed by atoms with van der Waals surface area (Å²) in [6, 6.07) is 16.0. The van der Waals surface area contributed by atoms with Gasteiger partial charge in [0.1, 0.15) is 5.82 Å².